The maximum Gasteiger partial charge on any atom is 0.406 e. The number of para-hydroxylation sites is 1. The van der Waals surface area contributed by atoms with Crippen LogP contribution in [0.3, 0.4) is 0 Å². The number of ether oxygens (including phenoxy) is 1. The van der Waals surface area contributed by atoms with Crippen molar-refractivity contribution in [1.29, 1.82) is 0 Å². The summed E-state index contributed by atoms with van der Waals surface area (Å²) in [5.41, 5.74) is 1.89. The van der Waals surface area contributed by atoms with Crippen molar-refractivity contribution in [2.24, 2.45) is 0 Å². The van der Waals surface area contributed by atoms with Gasteiger partial charge in [0.05, 0.1) is 35.4 Å². The quantitative estimate of drug-likeness (QED) is 0.350. The van der Waals surface area contributed by atoms with E-state index in [4.69, 9.17) is 4.74 Å². The molecule has 0 saturated heterocycles. The zero-order valence-corrected chi connectivity index (χ0v) is 23.4. The van der Waals surface area contributed by atoms with Crippen LogP contribution in [0, 0.1) is 0 Å². The number of halogens is 3. The van der Waals surface area contributed by atoms with Crippen LogP contribution in [0.4, 0.5) is 18.9 Å². The Morgan fingerprint density at radius 1 is 1.16 bits per heavy atom. The Labute approximate surface area is 221 Å². The van der Waals surface area contributed by atoms with Crippen molar-refractivity contribution < 1.29 is 31.1 Å². The van der Waals surface area contributed by atoms with E-state index in [0.717, 1.165) is 17.2 Å². The van der Waals surface area contributed by atoms with E-state index in [0.29, 0.717) is 23.4 Å². The number of nitrogens with zero attached hydrogens (tertiary/aromatic N) is 3. The number of alkyl halides is 3. The van der Waals surface area contributed by atoms with Gasteiger partial charge in [0.25, 0.3) is 5.91 Å². The van der Waals surface area contributed by atoms with Crippen LogP contribution in [-0.2, 0) is 21.5 Å². The molecule has 38 heavy (non-hydrogen) atoms. The lowest BCUT2D eigenvalue weighted by Crippen LogP contribution is -2.51. The minimum absolute atomic E-state index is 0.0844. The highest BCUT2D eigenvalue weighted by Crippen LogP contribution is 2.41. The summed E-state index contributed by atoms with van der Waals surface area (Å²) in [7, 11) is -4.92. The second kappa shape index (κ2) is 10.3. The van der Waals surface area contributed by atoms with E-state index in [2.05, 4.69) is 29.5 Å². The topological polar surface area (TPSA) is 93.5 Å². The van der Waals surface area contributed by atoms with Crippen molar-refractivity contribution in [3.8, 4) is 0 Å². The molecule has 206 valence electrons. The Bertz CT molecular complexity index is 1380. The van der Waals surface area contributed by atoms with Gasteiger partial charge in [-0.3, -0.25) is 9.52 Å². The smallest absolute Gasteiger partial charge is 0.360 e. The zero-order valence-electron chi connectivity index (χ0n) is 21.6. The van der Waals surface area contributed by atoms with Gasteiger partial charge in [-0.2, -0.15) is 18.3 Å². The predicted molar refractivity (Wildman–Crippen MR) is 142 cm³/mol. The molecule has 13 heteroatoms. The Hall–Kier alpha value is -2.90. The molecular formula is C25H31F3N4O4SSi. The standard InChI is InChI=1S/C25H31F3N4O4SSi/c1-37(34,35)30-21-8-6-5-7-18(21)17-9-10-19-22(13-17)31(15-25(26,27)28)24(33)20-14-29-32(23(19)20)16-36-11-12-38(2,3)4/h5-10,13-14,19,22,30H,11-12,15-16H2,1-4H3. The number of amides is 1. The largest absolute Gasteiger partial charge is 0.406 e. The average Bonchev–Trinajstić information content (AvgIpc) is 3.21. The molecule has 8 nitrogen and oxygen atoms in total. The van der Waals surface area contributed by atoms with E-state index in [9.17, 15) is 26.4 Å². The number of carbonyl (C=O) groups is 1. The Morgan fingerprint density at radius 3 is 2.53 bits per heavy atom. The van der Waals surface area contributed by atoms with Crippen LogP contribution in [0.25, 0.3) is 5.57 Å². The summed E-state index contributed by atoms with van der Waals surface area (Å²) in [6, 6.07) is 6.58. The van der Waals surface area contributed by atoms with E-state index in [-0.39, 0.29) is 18.0 Å². The van der Waals surface area contributed by atoms with Gasteiger partial charge in [0.2, 0.25) is 10.0 Å². The lowest BCUT2D eigenvalue weighted by atomic mass is 9.81. The Kier molecular flexibility index (Phi) is 7.65. The molecule has 0 fully saturated rings. The van der Waals surface area contributed by atoms with Crippen LogP contribution in [0.1, 0.15) is 27.5 Å². The number of rotatable bonds is 9. The minimum atomic E-state index is -4.61. The van der Waals surface area contributed by atoms with Gasteiger partial charge in [-0.25, -0.2) is 13.1 Å². The van der Waals surface area contributed by atoms with Crippen molar-refractivity contribution in [2.45, 2.75) is 50.6 Å². The molecule has 1 aliphatic heterocycles. The van der Waals surface area contributed by atoms with Crippen molar-refractivity contribution in [2.75, 3.05) is 24.1 Å². The molecular weight excluding hydrogens is 537 g/mol. The molecule has 1 aromatic carbocycles. The summed E-state index contributed by atoms with van der Waals surface area (Å²) in [6.45, 7) is 5.86. The van der Waals surface area contributed by atoms with Crippen molar-refractivity contribution in [1.82, 2.24) is 14.7 Å². The van der Waals surface area contributed by atoms with Crippen LogP contribution in [0.15, 0.2) is 48.7 Å². The van der Waals surface area contributed by atoms with Gasteiger partial charge >= 0.3 is 6.18 Å². The third kappa shape index (κ3) is 6.56. The molecule has 2 heterocycles. The summed E-state index contributed by atoms with van der Waals surface area (Å²) in [5.74, 6) is -1.35. The maximum absolute atomic E-state index is 13.6. The molecule has 2 aliphatic rings. The number of anilines is 1. The molecule has 2 atom stereocenters. The molecule has 0 saturated carbocycles. The summed E-state index contributed by atoms with van der Waals surface area (Å²) < 4.78 is 74.3. The molecule has 1 aromatic heterocycles. The number of hydrogen-bond donors (Lipinski definition) is 1. The molecule has 2 aromatic rings. The number of aromatic nitrogens is 2. The van der Waals surface area contributed by atoms with Crippen molar-refractivity contribution in [3.63, 3.8) is 0 Å². The van der Waals surface area contributed by atoms with E-state index in [1.165, 1.54) is 6.20 Å². The van der Waals surface area contributed by atoms with Crippen molar-refractivity contribution in [3.05, 3.63) is 65.5 Å². The third-order valence-electron chi connectivity index (χ3n) is 6.34. The Morgan fingerprint density at radius 2 is 1.87 bits per heavy atom. The number of sulfonamides is 1. The minimum Gasteiger partial charge on any atom is -0.360 e. The molecule has 1 aliphatic carbocycles. The van der Waals surface area contributed by atoms with Gasteiger partial charge in [0.1, 0.15) is 13.3 Å². The van der Waals surface area contributed by atoms with Crippen LogP contribution < -0.4 is 4.72 Å². The molecule has 4 rings (SSSR count). The molecule has 0 radical (unpaired) electrons. The van der Waals surface area contributed by atoms with Crippen LogP contribution in [-0.4, -0.2) is 68.7 Å². The van der Waals surface area contributed by atoms with Gasteiger partial charge in [0.15, 0.2) is 0 Å². The monoisotopic (exact) mass is 568 g/mol. The summed E-state index contributed by atoms with van der Waals surface area (Å²) in [6.07, 6.45) is 2.77. The number of nitrogens with one attached hydrogen (secondary N) is 1. The van der Waals surface area contributed by atoms with Gasteiger partial charge in [-0.05, 0) is 17.7 Å². The lowest BCUT2D eigenvalue weighted by Gasteiger charge is -2.40. The number of benzene rings is 1. The number of carbonyl (C=O) groups excluding carboxylic acids is 1. The lowest BCUT2D eigenvalue weighted by molar-refractivity contribution is -0.144. The fraction of sp³-hybridized carbons (Fsp3) is 0.440. The highest BCUT2D eigenvalue weighted by molar-refractivity contribution is 7.92. The van der Waals surface area contributed by atoms with Crippen LogP contribution in [0.2, 0.25) is 25.7 Å². The van der Waals surface area contributed by atoms with E-state index in [1.807, 2.05) is 0 Å². The highest BCUT2D eigenvalue weighted by atomic mass is 32.2. The Balaban J connectivity index is 1.71. The first-order chi connectivity index (χ1) is 17.6. The molecule has 1 N–H and O–H groups in total. The third-order valence-corrected chi connectivity index (χ3v) is 8.64. The fourth-order valence-electron chi connectivity index (χ4n) is 4.61. The van der Waals surface area contributed by atoms with E-state index >= 15 is 0 Å². The van der Waals surface area contributed by atoms with Gasteiger partial charge in [-0.1, -0.05) is 56.1 Å². The van der Waals surface area contributed by atoms with Gasteiger partial charge in [-0.15, -0.1) is 0 Å². The summed E-state index contributed by atoms with van der Waals surface area (Å²) >= 11 is 0. The average molecular weight is 569 g/mol. The highest BCUT2D eigenvalue weighted by Gasteiger charge is 2.46. The summed E-state index contributed by atoms with van der Waals surface area (Å²) in [4.78, 5) is 14.1. The molecule has 0 spiro atoms. The molecule has 2 unspecified atom stereocenters. The van der Waals surface area contributed by atoms with E-state index in [1.54, 1.807) is 47.2 Å². The zero-order chi connectivity index (χ0) is 27.9. The first kappa shape index (κ1) is 28.1. The second-order valence-electron chi connectivity index (χ2n) is 10.8. The number of allylic oxidation sites excluding steroid dienone is 2. The second-order valence-corrected chi connectivity index (χ2v) is 18.1. The van der Waals surface area contributed by atoms with Gasteiger partial charge < -0.3 is 9.64 Å². The predicted octanol–water partition coefficient (Wildman–Crippen LogP) is 4.69. The first-order valence-corrected chi connectivity index (χ1v) is 17.7. The van der Waals surface area contributed by atoms with Crippen LogP contribution in [0.5, 0.6) is 0 Å². The van der Waals surface area contributed by atoms with Crippen molar-refractivity contribution >= 4 is 35.3 Å². The van der Waals surface area contributed by atoms with Gasteiger partial charge in [0, 0.05) is 26.2 Å². The number of hydrogen-bond acceptors (Lipinski definition) is 5. The van der Waals surface area contributed by atoms with E-state index < -0.39 is 48.7 Å². The normalized spacial score (nSPS) is 19.7. The summed E-state index contributed by atoms with van der Waals surface area (Å²) in [5, 5.41) is 4.28. The fourth-order valence-corrected chi connectivity index (χ4v) is 5.94. The van der Waals surface area contributed by atoms with Crippen LogP contribution >= 0.6 is 0 Å². The number of fused-ring (bicyclic) bond motifs is 3. The molecule has 1 amide bonds. The maximum atomic E-state index is 13.6. The first-order valence-electron chi connectivity index (χ1n) is 12.1. The SMILES string of the molecule is C[Si](C)(C)CCOCn1ncc2c1C1C=CC(c3ccccc3NS(C)(=O)=O)=CC1N(CC(F)(F)F)C2=O. The molecule has 0 bridgehead atoms.